The van der Waals surface area contributed by atoms with Crippen LogP contribution in [0.25, 0.3) is 10.9 Å². The van der Waals surface area contributed by atoms with E-state index in [1.807, 2.05) is 0 Å². The van der Waals surface area contributed by atoms with Crippen molar-refractivity contribution in [2.45, 2.75) is 32.4 Å². The number of benzene rings is 1. The fourth-order valence-electron chi connectivity index (χ4n) is 2.27. The number of hydrogen-bond acceptors (Lipinski definition) is 1. The van der Waals surface area contributed by atoms with E-state index in [-0.39, 0.29) is 0 Å². The normalized spacial score (nSPS) is 15.9. The van der Waals surface area contributed by atoms with Gasteiger partial charge in [0.1, 0.15) is 0 Å². The van der Waals surface area contributed by atoms with Crippen LogP contribution in [0.5, 0.6) is 0 Å². The summed E-state index contributed by atoms with van der Waals surface area (Å²) in [7, 11) is 2.12. The summed E-state index contributed by atoms with van der Waals surface area (Å²) >= 11 is 0. The summed E-state index contributed by atoms with van der Waals surface area (Å²) in [4.78, 5) is 0. The Morgan fingerprint density at radius 1 is 1.38 bits per heavy atom. The molecule has 0 radical (unpaired) electrons. The van der Waals surface area contributed by atoms with Gasteiger partial charge in [-0.15, -0.1) is 0 Å². The molecular formula is C14H18N2. The smallest absolute Gasteiger partial charge is 0.0481 e. The Kier molecular flexibility index (Phi) is 2.25. The van der Waals surface area contributed by atoms with Crippen LogP contribution in [0.4, 0.5) is 0 Å². The topological polar surface area (TPSA) is 17.0 Å². The van der Waals surface area contributed by atoms with E-state index >= 15 is 0 Å². The van der Waals surface area contributed by atoms with Crippen LogP contribution < -0.4 is 5.32 Å². The SMILES string of the molecule is Cc1ccc2c(c1)c(CNC1CC1)cn2C. The van der Waals surface area contributed by atoms with Crippen LogP contribution in [0.1, 0.15) is 24.0 Å². The molecule has 0 saturated heterocycles. The molecule has 1 N–H and O–H groups in total. The molecule has 84 valence electrons. The molecule has 0 spiro atoms. The highest BCUT2D eigenvalue weighted by Gasteiger charge is 2.20. The first-order valence-electron chi connectivity index (χ1n) is 6.02. The molecule has 0 bridgehead atoms. The number of nitrogens with one attached hydrogen (secondary N) is 1. The number of hydrogen-bond donors (Lipinski definition) is 1. The minimum absolute atomic E-state index is 0.778. The Bertz CT molecular complexity index is 521. The van der Waals surface area contributed by atoms with Gasteiger partial charge in [-0.3, -0.25) is 0 Å². The molecule has 1 aliphatic carbocycles. The van der Waals surface area contributed by atoms with Gasteiger partial charge < -0.3 is 9.88 Å². The van der Waals surface area contributed by atoms with E-state index < -0.39 is 0 Å². The average Bonchev–Trinajstić information content (AvgIpc) is 3.03. The molecule has 3 rings (SSSR count). The van der Waals surface area contributed by atoms with Crippen molar-refractivity contribution in [3.8, 4) is 0 Å². The van der Waals surface area contributed by atoms with Gasteiger partial charge in [0.2, 0.25) is 0 Å². The minimum atomic E-state index is 0.778. The van der Waals surface area contributed by atoms with Crippen LogP contribution in [0, 0.1) is 6.92 Å². The number of aromatic nitrogens is 1. The predicted octanol–water partition coefficient (Wildman–Crippen LogP) is 2.74. The van der Waals surface area contributed by atoms with E-state index in [1.54, 1.807) is 0 Å². The van der Waals surface area contributed by atoms with Crippen LogP contribution in [0.15, 0.2) is 24.4 Å². The summed E-state index contributed by atoms with van der Waals surface area (Å²) in [5.41, 5.74) is 4.10. The first kappa shape index (κ1) is 9.91. The zero-order valence-electron chi connectivity index (χ0n) is 9.96. The molecular weight excluding hydrogens is 196 g/mol. The molecule has 0 atom stereocenters. The van der Waals surface area contributed by atoms with Crippen molar-refractivity contribution in [2.75, 3.05) is 0 Å². The van der Waals surface area contributed by atoms with Crippen LogP contribution in [-0.2, 0) is 13.6 Å². The van der Waals surface area contributed by atoms with Crippen molar-refractivity contribution >= 4 is 10.9 Å². The van der Waals surface area contributed by atoms with Gasteiger partial charge in [-0.2, -0.15) is 0 Å². The van der Waals surface area contributed by atoms with Gasteiger partial charge in [-0.25, -0.2) is 0 Å². The zero-order valence-corrected chi connectivity index (χ0v) is 9.96. The second kappa shape index (κ2) is 3.63. The number of aryl methyl sites for hydroxylation is 2. The molecule has 1 aromatic heterocycles. The van der Waals surface area contributed by atoms with Crippen LogP contribution in [0.3, 0.4) is 0 Å². The monoisotopic (exact) mass is 214 g/mol. The lowest BCUT2D eigenvalue weighted by atomic mass is 10.1. The van der Waals surface area contributed by atoms with E-state index in [4.69, 9.17) is 0 Å². The third kappa shape index (κ3) is 1.74. The largest absolute Gasteiger partial charge is 0.350 e. The van der Waals surface area contributed by atoms with E-state index in [2.05, 4.69) is 48.3 Å². The lowest BCUT2D eigenvalue weighted by Gasteiger charge is -2.01. The summed E-state index contributed by atoms with van der Waals surface area (Å²) < 4.78 is 2.22. The molecule has 1 heterocycles. The second-order valence-electron chi connectivity index (χ2n) is 4.94. The molecule has 0 amide bonds. The highest BCUT2D eigenvalue weighted by molar-refractivity contribution is 5.84. The number of rotatable bonds is 3. The fourth-order valence-corrected chi connectivity index (χ4v) is 2.27. The maximum Gasteiger partial charge on any atom is 0.0481 e. The number of fused-ring (bicyclic) bond motifs is 1. The summed E-state index contributed by atoms with van der Waals surface area (Å²) in [6.45, 7) is 3.16. The molecule has 1 saturated carbocycles. The first-order chi connectivity index (χ1) is 7.74. The van der Waals surface area contributed by atoms with Gasteiger partial charge in [-0.1, -0.05) is 11.6 Å². The highest BCUT2D eigenvalue weighted by atomic mass is 15.0. The van der Waals surface area contributed by atoms with E-state index in [9.17, 15) is 0 Å². The number of nitrogens with zero attached hydrogens (tertiary/aromatic N) is 1. The van der Waals surface area contributed by atoms with Gasteiger partial charge >= 0.3 is 0 Å². The third-order valence-electron chi connectivity index (χ3n) is 3.39. The van der Waals surface area contributed by atoms with E-state index in [1.165, 1.54) is 34.9 Å². The lowest BCUT2D eigenvalue weighted by Crippen LogP contribution is -2.14. The standard InChI is InChI=1S/C14H18N2/c1-10-3-6-14-13(7-10)11(9-16(14)2)8-15-12-4-5-12/h3,6-7,9,12,15H,4-5,8H2,1-2H3. The predicted molar refractivity (Wildman–Crippen MR) is 67.5 cm³/mol. The molecule has 0 aliphatic heterocycles. The minimum Gasteiger partial charge on any atom is -0.350 e. The van der Waals surface area contributed by atoms with Crippen molar-refractivity contribution in [1.82, 2.24) is 9.88 Å². The summed E-state index contributed by atoms with van der Waals surface area (Å²) in [6, 6.07) is 7.46. The van der Waals surface area contributed by atoms with Crippen molar-refractivity contribution in [3.05, 3.63) is 35.5 Å². The Labute approximate surface area is 96.3 Å². The van der Waals surface area contributed by atoms with Crippen LogP contribution in [0.2, 0.25) is 0 Å². The second-order valence-corrected chi connectivity index (χ2v) is 4.94. The van der Waals surface area contributed by atoms with Crippen LogP contribution >= 0.6 is 0 Å². The van der Waals surface area contributed by atoms with Crippen molar-refractivity contribution in [3.63, 3.8) is 0 Å². The van der Waals surface area contributed by atoms with Gasteiger partial charge in [0.05, 0.1) is 0 Å². The lowest BCUT2D eigenvalue weighted by molar-refractivity contribution is 0.689. The van der Waals surface area contributed by atoms with Gasteiger partial charge in [-0.05, 0) is 37.5 Å². The fraction of sp³-hybridized carbons (Fsp3) is 0.429. The molecule has 2 nitrogen and oxygen atoms in total. The average molecular weight is 214 g/mol. The Hall–Kier alpha value is -1.28. The first-order valence-corrected chi connectivity index (χ1v) is 6.02. The quantitative estimate of drug-likeness (QED) is 0.831. The van der Waals surface area contributed by atoms with Gasteiger partial charge in [0, 0.05) is 36.7 Å². The maximum absolute atomic E-state index is 3.58. The van der Waals surface area contributed by atoms with Crippen molar-refractivity contribution < 1.29 is 0 Å². The van der Waals surface area contributed by atoms with E-state index in [0.717, 1.165) is 12.6 Å². The van der Waals surface area contributed by atoms with Gasteiger partial charge in [0.25, 0.3) is 0 Å². The highest BCUT2D eigenvalue weighted by Crippen LogP contribution is 2.24. The summed E-state index contributed by atoms with van der Waals surface area (Å²) in [6.07, 6.45) is 4.95. The molecule has 2 heteroatoms. The molecule has 0 unspecified atom stereocenters. The third-order valence-corrected chi connectivity index (χ3v) is 3.39. The molecule has 2 aromatic rings. The molecule has 1 fully saturated rings. The van der Waals surface area contributed by atoms with Crippen molar-refractivity contribution in [1.29, 1.82) is 0 Å². The molecule has 1 aromatic carbocycles. The molecule has 1 aliphatic rings. The van der Waals surface area contributed by atoms with Crippen molar-refractivity contribution in [2.24, 2.45) is 7.05 Å². The van der Waals surface area contributed by atoms with E-state index in [0.29, 0.717) is 0 Å². The Balaban J connectivity index is 1.98. The molecule has 16 heavy (non-hydrogen) atoms. The zero-order chi connectivity index (χ0) is 11.1. The Morgan fingerprint density at radius 3 is 2.94 bits per heavy atom. The summed E-state index contributed by atoms with van der Waals surface area (Å²) in [5, 5.41) is 4.98. The Morgan fingerprint density at radius 2 is 2.19 bits per heavy atom. The van der Waals surface area contributed by atoms with Crippen LogP contribution in [-0.4, -0.2) is 10.6 Å². The maximum atomic E-state index is 3.58. The summed E-state index contributed by atoms with van der Waals surface area (Å²) in [5.74, 6) is 0. The van der Waals surface area contributed by atoms with Gasteiger partial charge in [0.15, 0.2) is 0 Å².